The van der Waals surface area contributed by atoms with E-state index in [9.17, 15) is 19.5 Å². The third-order valence-corrected chi connectivity index (χ3v) is 5.32. The Morgan fingerprint density at radius 3 is 2.44 bits per heavy atom. The molecule has 0 spiro atoms. The number of anilines is 3. The fraction of sp³-hybridized carbons (Fsp3) is 0.522. The largest absolute Gasteiger partial charge is 0.391 e. The van der Waals surface area contributed by atoms with Crippen LogP contribution in [0.2, 0.25) is 0 Å². The van der Waals surface area contributed by atoms with Crippen molar-refractivity contribution in [1.82, 2.24) is 9.55 Å². The Hall–Kier alpha value is -3.07. The second-order valence-electron chi connectivity index (χ2n) is 7.82. The number of nitrogens with one attached hydrogen (secondary N) is 1. The molecule has 9 heteroatoms. The summed E-state index contributed by atoms with van der Waals surface area (Å²) < 4.78 is 1.29. The number of aliphatic hydroxyl groups excluding tert-OH is 1. The zero-order valence-corrected chi connectivity index (χ0v) is 19.2. The summed E-state index contributed by atoms with van der Waals surface area (Å²) in [5.41, 5.74) is 5.75. The van der Waals surface area contributed by atoms with Crippen molar-refractivity contribution in [2.45, 2.75) is 59.1 Å². The molecule has 0 aliphatic rings. The van der Waals surface area contributed by atoms with Crippen LogP contribution in [0, 0.1) is 0 Å². The highest BCUT2D eigenvalue weighted by molar-refractivity contribution is 5.98. The highest BCUT2D eigenvalue weighted by atomic mass is 16.3. The number of amides is 1. The van der Waals surface area contributed by atoms with Crippen molar-refractivity contribution in [3.05, 3.63) is 51.2 Å². The van der Waals surface area contributed by atoms with Crippen LogP contribution in [-0.2, 0) is 11.3 Å². The molecule has 176 valence electrons. The van der Waals surface area contributed by atoms with E-state index in [1.54, 1.807) is 4.90 Å². The molecule has 0 radical (unpaired) electrons. The molecule has 1 aromatic carbocycles. The molecule has 0 fully saturated rings. The SMILES string of the molecule is CCCCN(C(=O)CN(CC(O)CC)c1ccccc1)c1c(N)n(CCC)c(=O)[nH]c1=O. The average molecular weight is 446 g/mol. The number of nitrogen functional groups attached to an aromatic ring is 1. The Labute approximate surface area is 188 Å². The Balaban J connectivity index is 2.46. The average Bonchev–Trinajstić information content (AvgIpc) is 2.78. The van der Waals surface area contributed by atoms with Gasteiger partial charge in [0.2, 0.25) is 5.91 Å². The second-order valence-corrected chi connectivity index (χ2v) is 7.82. The monoisotopic (exact) mass is 445 g/mol. The molecular formula is C23H35N5O4. The van der Waals surface area contributed by atoms with Gasteiger partial charge in [0.15, 0.2) is 5.69 Å². The van der Waals surface area contributed by atoms with Crippen LogP contribution in [0.1, 0.15) is 46.5 Å². The summed E-state index contributed by atoms with van der Waals surface area (Å²) in [5.74, 6) is -0.339. The lowest BCUT2D eigenvalue weighted by atomic mass is 10.2. The maximum Gasteiger partial charge on any atom is 0.330 e. The number of H-pyrrole nitrogens is 1. The second kappa shape index (κ2) is 12.1. The molecule has 0 saturated heterocycles. The lowest BCUT2D eigenvalue weighted by molar-refractivity contribution is -0.117. The van der Waals surface area contributed by atoms with E-state index in [0.29, 0.717) is 32.4 Å². The number of benzene rings is 1. The Bertz CT molecular complexity index is 986. The molecule has 0 aliphatic heterocycles. The maximum absolute atomic E-state index is 13.5. The first-order valence-corrected chi connectivity index (χ1v) is 11.2. The van der Waals surface area contributed by atoms with Crippen molar-refractivity contribution in [2.75, 3.05) is 35.2 Å². The van der Waals surface area contributed by atoms with E-state index in [4.69, 9.17) is 5.73 Å². The van der Waals surface area contributed by atoms with E-state index in [1.165, 1.54) is 9.47 Å². The highest BCUT2D eigenvalue weighted by Gasteiger charge is 2.26. The van der Waals surface area contributed by atoms with Crippen LogP contribution in [0.3, 0.4) is 0 Å². The molecule has 4 N–H and O–H groups in total. The number of aromatic amines is 1. The molecule has 0 aliphatic carbocycles. The molecule has 1 atom stereocenters. The van der Waals surface area contributed by atoms with E-state index in [1.807, 2.05) is 51.1 Å². The molecule has 0 bridgehead atoms. The minimum atomic E-state index is -0.677. The predicted molar refractivity (Wildman–Crippen MR) is 128 cm³/mol. The molecule has 32 heavy (non-hydrogen) atoms. The van der Waals surface area contributed by atoms with Gasteiger partial charge >= 0.3 is 5.69 Å². The first-order valence-electron chi connectivity index (χ1n) is 11.2. The predicted octanol–water partition coefficient (Wildman–Crippen LogP) is 1.94. The molecule has 2 rings (SSSR count). The number of aliphatic hydroxyl groups is 1. The number of carbonyl (C=O) groups is 1. The van der Waals surface area contributed by atoms with E-state index in [-0.39, 0.29) is 30.5 Å². The zero-order chi connectivity index (χ0) is 23.7. The van der Waals surface area contributed by atoms with Crippen LogP contribution >= 0.6 is 0 Å². The maximum atomic E-state index is 13.5. The smallest absolute Gasteiger partial charge is 0.330 e. The van der Waals surface area contributed by atoms with Crippen molar-refractivity contribution in [3.8, 4) is 0 Å². The van der Waals surface area contributed by atoms with Crippen molar-refractivity contribution < 1.29 is 9.90 Å². The number of aromatic nitrogens is 2. The minimum absolute atomic E-state index is 0.000511. The molecule has 2 aromatic rings. The third-order valence-electron chi connectivity index (χ3n) is 5.32. The van der Waals surface area contributed by atoms with Gasteiger partial charge < -0.3 is 20.6 Å². The molecule has 1 amide bonds. The summed E-state index contributed by atoms with van der Waals surface area (Å²) in [5, 5.41) is 10.2. The van der Waals surface area contributed by atoms with Crippen molar-refractivity contribution in [1.29, 1.82) is 0 Å². The quantitative estimate of drug-likeness (QED) is 0.459. The van der Waals surface area contributed by atoms with Gasteiger partial charge in [-0.2, -0.15) is 0 Å². The Morgan fingerprint density at radius 2 is 1.84 bits per heavy atom. The van der Waals surface area contributed by atoms with Crippen molar-refractivity contribution in [2.24, 2.45) is 0 Å². The highest BCUT2D eigenvalue weighted by Crippen LogP contribution is 2.20. The molecule has 1 heterocycles. The summed E-state index contributed by atoms with van der Waals surface area (Å²) in [6, 6.07) is 9.35. The number of para-hydroxylation sites is 1. The fourth-order valence-electron chi connectivity index (χ4n) is 3.49. The number of nitrogens with two attached hydrogens (primary N) is 1. The van der Waals surface area contributed by atoms with E-state index in [2.05, 4.69) is 4.98 Å². The number of nitrogens with zero attached hydrogens (tertiary/aromatic N) is 3. The third kappa shape index (κ3) is 6.23. The van der Waals surface area contributed by atoms with E-state index < -0.39 is 17.4 Å². The van der Waals surface area contributed by atoms with Gasteiger partial charge in [0, 0.05) is 25.3 Å². The topological polar surface area (TPSA) is 125 Å². The van der Waals surface area contributed by atoms with Crippen LogP contribution in [0.15, 0.2) is 39.9 Å². The van der Waals surface area contributed by atoms with Gasteiger partial charge in [0.25, 0.3) is 5.56 Å². The van der Waals surface area contributed by atoms with Crippen LogP contribution in [0.4, 0.5) is 17.2 Å². The zero-order valence-electron chi connectivity index (χ0n) is 19.2. The van der Waals surface area contributed by atoms with Gasteiger partial charge in [-0.3, -0.25) is 19.1 Å². The Morgan fingerprint density at radius 1 is 1.16 bits per heavy atom. The number of unbranched alkanes of at least 4 members (excludes halogenated alkanes) is 1. The summed E-state index contributed by atoms with van der Waals surface area (Å²) in [4.78, 5) is 43.9. The van der Waals surface area contributed by atoms with Gasteiger partial charge in [0.05, 0.1) is 12.6 Å². The van der Waals surface area contributed by atoms with Crippen molar-refractivity contribution in [3.63, 3.8) is 0 Å². The lowest BCUT2D eigenvalue weighted by Crippen LogP contribution is -2.47. The fourth-order valence-corrected chi connectivity index (χ4v) is 3.49. The lowest BCUT2D eigenvalue weighted by Gasteiger charge is -2.30. The number of rotatable bonds is 12. The van der Waals surface area contributed by atoms with E-state index >= 15 is 0 Å². The molecule has 1 unspecified atom stereocenters. The van der Waals surface area contributed by atoms with Gasteiger partial charge in [0.1, 0.15) is 5.82 Å². The standard InChI is InChI=1S/C23H35N5O4/c1-4-7-14-27(20-21(24)28(13-5-2)23(32)25-22(20)31)19(30)16-26(15-18(29)6-3)17-11-9-8-10-12-17/h8-12,18,29H,4-7,13-16,24H2,1-3H3,(H,25,31,32). The molecule has 0 saturated carbocycles. The summed E-state index contributed by atoms with van der Waals surface area (Å²) in [6.07, 6.45) is 2.07. The molecule has 1 aromatic heterocycles. The van der Waals surface area contributed by atoms with Gasteiger partial charge in [-0.15, -0.1) is 0 Å². The number of hydrogen-bond donors (Lipinski definition) is 3. The number of hydrogen-bond acceptors (Lipinski definition) is 6. The van der Waals surface area contributed by atoms with Gasteiger partial charge in [-0.05, 0) is 31.4 Å². The van der Waals surface area contributed by atoms with Gasteiger partial charge in [-0.1, -0.05) is 45.4 Å². The normalized spacial score (nSPS) is 11.9. The van der Waals surface area contributed by atoms with Crippen LogP contribution in [-0.4, -0.2) is 46.3 Å². The van der Waals surface area contributed by atoms with E-state index in [0.717, 1.165) is 12.1 Å². The molecule has 9 nitrogen and oxygen atoms in total. The number of carbonyl (C=O) groups excluding carboxylic acids is 1. The summed E-state index contributed by atoms with van der Waals surface area (Å²) >= 11 is 0. The van der Waals surface area contributed by atoms with Crippen LogP contribution < -0.4 is 26.8 Å². The van der Waals surface area contributed by atoms with Crippen LogP contribution in [0.5, 0.6) is 0 Å². The first kappa shape index (κ1) is 25.2. The Kier molecular flexibility index (Phi) is 9.52. The van der Waals surface area contributed by atoms with Crippen LogP contribution in [0.25, 0.3) is 0 Å². The first-order chi connectivity index (χ1) is 15.3. The minimum Gasteiger partial charge on any atom is -0.391 e. The molecular weight excluding hydrogens is 410 g/mol. The summed E-state index contributed by atoms with van der Waals surface area (Å²) in [7, 11) is 0. The van der Waals surface area contributed by atoms with Crippen molar-refractivity contribution >= 4 is 23.1 Å². The summed E-state index contributed by atoms with van der Waals surface area (Å²) in [6.45, 7) is 6.62. The van der Waals surface area contributed by atoms with Gasteiger partial charge in [-0.25, -0.2) is 4.79 Å².